The molecule has 2 aromatic rings. The maximum Gasteiger partial charge on any atom is 0.310 e. The maximum atomic E-state index is 13.5. The topological polar surface area (TPSA) is 92.8 Å². The molecule has 0 saturated heterocycles. The summed E-state index contributed by atoms with van der Waals surface area (Å²) in [5, 5.41) is 0.742. The van der Waals surface area contributed by atoms with Gasteiger partial charge in [-0.2, -0.15) is 5.01 Å². The molecule has 1 aliphatic rings. The highest BCUT2D eigenvalue weighted by Crippen LogP contribution is 2.29. The Bertz CT molecular complexity index is 1110. The fourth-order valence-electron chi connectivity index (χ4n) is 4.16. The third-order valence-corrected chi connectivity index (χ3v) is 5.77. The molecule has 36 heavy (non-hydrogen) atoms. The number of ether oxygens (including phenoxy) is 1. The molecule has 1 heterocycles. The molecule has 3 rings (SSSR count). The van der Waals surface area contributed by atoms with Crippen molar-refractivity contribution in [1.82, 2.24) is 10.4 Å². The van der Waals surface area contributed by atoms with Gasteiger partial charge in [0.1, 0.15) is 5.60 Å². The number of nitrogens with one attached hydrogen (secondary N) is 1. The van der Waals surface area contributed by atoms with E-state index in [-0.39, 0.29) is 23.5 Å². The lowest BCUT2D eigenvalue weighted by molar-refractivity contribution is -0.164. The maximum absolute atomic E-state index is 13.5. The Morgan fingerprint density at radius 3 is 2.00 bits per heavy atom. The van der Waals surface area contributed by atoms with E-state index in [4.69, 9.17) is 4.74 Å². The number of carbonyl (C=O) groups excluding carboxylic acids is 4. The number of esters is 1. The lowest BCUT2D eigenvalue weighted by Gasteiger charge is -2.30. The van der Waals surface area contributed by atoms with Gasteiger partial charge >= 0.3 is 5.97 Å². The summed E-state index contributed by atoms with van der Waals surface area (Å²) >= 11 is 0. The summed E-state index contributed by atoms with van der Waals surface area (Å²) in [5.74, 6) is -3.79. The van der Waals surface area contributed by atoms with Crippen molar-refractivity contribution in [3.63, 3.8) is 0 Å². The van der Waals surface area contributed by atoms with E-state index in [1.807, 2.05) is 56.3 Å². The van der Waals surface area contributed by atoms with Gasteiger partial charge in [0, 0.05) is 0 Å². The van der Waals surface area contributed by atoms with Crippen molar-refractivity contribution in [1.29, 1.82) is 0 Å². The summed E-state index contributed by atoms with van der Waals surface area (Å²) < 4.78 is 5.68. The number of nitrogens with zero attached hydrogens (tertiary/aromatic N) is 1. The third kappa shape index (κ3) is 6.68. The number of imide groups is 1. The third-order valence-electron chi connectivity index (χ3n) is 5.77. The second-order valence-electron chi connectivity index (χ2n) is 10.4. The number of hydrazine groups is 1. The van der Waals surface area contributed by atoms with E-state index in [1.165, 1.54) is 0 Å². The molecule has 0 fully saturated rings. The highest BCUT2D eigenvalue weighted by Gasteiger charge is 2.41. The fourth-order valence-corrected chi connectivity index (χ4v) is 4.16. The van der Waals surface area contributed by atoms with Gasteiger partial charge in [-0.3, -0.25) is 24.6 Å². The molecule has 1 N–H and O–H groups in total. The lowest BCUT2D eigenvalue weighted by atomic mass is 9.82. The van der Waals surface area contributed by atoms with Crippen LogP contribution in [-0.4, -0.2) is 34.3 Å². The molecule has 0 aliphatic carbocycles. The molecule has 7 heteroatoms. The van der Waals surface area contributed by atoms with Gasteiger partial charge in [0.2, 0.25) is 5.91 Å². The first-order valence-corrected chi connectivity index (χ1v) is 12.2. The Balaban J connectivity index is 1.87. The number of fused-ring (bicyclic) bond motifs is 1. The predicted octanol–water partition coefficient (Wildman–Crippen LogP) is 5.04. The van der Waals surface area contributed by atoms with Crippen LogP contribution in [0, 0.1) is 17.8 Å². The first kappa shape index (κ1) is 26.9. The van der Waals surface area contributed by atoms with E-state index in [1.54, 1.807) is 45.0 Å². The average Bonchev–Trinajstić information content (AvgIpc) is 3.05. The Kier molecular flexibility index (Phi) is 8.45. The van der Waals surface area contributed by atoms with Crippen molar-refractivity contribution in [2.75, 3.05) is 0 Å². The second kappa shape index (κ2) is 11.3. The van der Waals surface area contributed by atoms with Gasteiger partial charge in [0.05, 0.1) is 23.0 Å². The summed E-state index contributed by atoms with van der Waals surface area (Å²) in [6.45, 7) is 9.23. The number of allylic oxidation sites excluding steroid dienone is 1. The van der Waals surface area contributed by atoms with Crippen LogP contribution in [0.2, 0.25) is 0 Å². The van der Waals surface area contributed by atoms with Gasteiger partial charge in [-0.25, -0.2) is 0 Å². The van der Waals surface area contributed by atoms with Crippen LogP contribution in [0.25, 0.3) is 6.08 Å². The largest absolute Gasteiger partial charge is 0.460 e. The van der Waals surface area contributed by atoms with Gasteiger partial charge in [0.15, 0.2) is 0 Å². The van der Waals surface area contributed by atoms with Crippen molar-refractivity contribution < 1.29 is 23.9 Å². The van der Waals surface area contributed by atoms with E-state index in [2.05, 4.69) is 5.43 Å². The van der Waals surface area contributed by atoms with E-state index < -0.39 is 41.1 Å². The summed E-state index contributed by atoms with van der Waals surface area (Å²) in [6.07, 6.45) is 4.38. The van der Waals surface area contributed by atoms with Gasteiger partial charge in [-0.1, -0.05) is 68.5 Å². The van der Waals surface area contributed by atoms with Crippen molar-refractivity contribution in [2.24, 2.45) is 17.8 Å². The highest BCUT2D eigenvalue weighted by molar-refractivity contribution is 6.21. The predicted molar refractivity (Wildman–Crippen MR) is 137 cm³/mol. The van der Waals surface area contributed by atoms with Gasteiger partial charge < -0.3 is 4.74 Å². The van der Waals surface area contributed by atoms with Crippen LogP contribution in [0.5, 0.6) is 0 Å². The Morgan fingerprint density at radius 1 is 0.917 bits per heavy atom. The molecule has 0 unspecified atom stereocenters. The van der Waals surface area contributed by atoms with E-state index in [0.29, 0.717) is 6.42 Å². The number of carbonyl (C=O) groups is 4. The monoisotopic (exact) mass is 490 g/mol. The standard InChI is InChI=1S/C29H34N2O5/c1-19(2)18-24(25(32)30-31-26(33)21-15-9-10-16-22(21)27(31)34)23(28(35)36-29(3,4)5)17-11-14-20-12-7-6-8-13-20/h6-16,19,23-24H,17-18H2,1-5H3,(H,30,32)/t23-,24+/m0/s1. The molecule has 190 valence electrons. The second-order valence-corrected chi connectivity index (χ2v) is 10.4. The number of amides is 3. The molecule has 0 aromatic heterocycles. The molecule has 7 nitrogen and oxygen atoms in total. The zero-order chi connectivity index (χ0) is 26.5. The highest BCUT2D eigenvalue weighted by atomic mass is 16.6. The Morgan fingerprint density at radius 2 is 1.47 bits per heavy atom. The van der Waals surface area contributed by atoms with Gasteiger partial charge in [-0.05, 0) is 57.2 Å². The van der Waals surface area contributed by atoms with Crippen LogP contribution in [0.15, 0.2) is 60.7 Å². The first-order valence-electron chi connectivity index (χ1n) is 12.2. The Labute approximate surface area is 212 Å². The molecule has 3 amide bonds. The average molecular weight is 491 g/mol. The van der Waals surface area contributed by atoms with E-state index in [9.17, 15) is 19.2 Å². The quantitative estimate of drug-likeness (QED) is 0.393. The van der Waals surface area contributed by atoms with E-state index in [0.717, 1.165) is 10.6 Å². The minimum absolute atomic E-state index is 0.0750. The van der Waals surface area contributed by atoms with Gasteiger partial charge in [-0.15, -0.1) is 0 Å². The normalized spacial score (nSPS) is 15.2. The molecule has 0 saturated carbocycles. The van der Waals surface area contributed by atoms with Crippen LogP contribution >= 0.6 is 0 Å². The molecule has 1 aliphatic heterocycles. The van der Waals surface area contributed by atoms with Crippen molar-refractivity contribution in [2.45, 2.75) is 53.1 Å². The molecule has 0 spiro atoms. The Hall–Kier alpha value is -3.74. The van der Waals surface area contributed by atoms with Crippen molar-refractivity contribution in [3.8, 4) is 0 Å². The molecule has 2 atom stereocenters. The number of hydrogen-bond acceptors (Lipinski definition) is 5. The SMILES string of the molecule is CC(C)C[C@@H](C(=O)NN1C(=O)c2ccccc2C1=O)[C@H](CC=Cc1ccccc1)C(=O)OC(C)(C)C. The van der Waals surface area contributed by atoms with Crippen molar-refractivity contribution >= 4 is 29.8 Å². The zero-order valence-corrected chi connectivity index (χ0v) is 21.5. The van der Waals surface area contributed by atoms with Gasteiger partial charge in [0.25, 0.3) is 11.8 Å². The molecule has 0 bridgehead atoms. The molecular weight excluding hydrogens is 456 g/mol. The van der Waals surface area contributed by atoms with Crippen LogP contribution < -0.4 is 5.43 Å². The number of hydrogen-bond donors (Lipinski definition) is 1. The van der Waals surface area contributed by atoms with Crippen LogP contribution in [0.4, 0.5) is 0 Å². The summed E-state index contributed by atoms with van der Waals surface area (Å²) in [4.78, 5) is 52.4. The van der Waals surface area contributed by atoms with E-state index >= 15 is 0 Å². The molecule has 0 radical (unpaired) electrons. The first-order chi connectivity index (χ1) is 17.0. The zero-order valence-electron chi connectivity index (χ0n) is 21.5. The van der Waals surface area contributed by atoms with Crippen LogP contribution in [0.1, 0.15) is 73.7 Å². The van der Waals surface area contributed by atoms with Crippen LogP contribution in [0.3, 0.4) is 0 Å². The number of benzene rings is 2. The summed E-state index contributed by atoms with van der Waals surface area (Å²) in [7, 11) is 0. The minimum atomic E-state index is -0.815. The molecule has 2 aromatic carbocycles. The summed E-state index contributed by atoms with van der Waals surface area (Å²) in [6, 6.07) is 16.1. The fraction of sp³-hybridized carbons (Fsp3) is 0.379. The van der Waals surface area contributed by atoms with Crippen LogP contribution in [-0.2, 0) is 14.3 Å². The number of rotatable bonds is 9. The lowest BCUT2D eigenvalue weighted by Crippen LogP contribution is -2.50. The minimum Gasteiger partial charge on any atom is -0.460 e. The van der Waals surface area contributed by atoms with Crippen molar-refractivity contribution in [3.05, 3.63) is 77.4 Å². The smallest absolute Gasteiger partial charge is 0.310 e. The summed E-state index contributed by atoms with van der Waals surface area (Å²) in [5.41, 5.74) is 3.20. The molecular formula is C29H34N2O5.